The van der Waals surface area contributed by atoms with Crippen LogP contribution >= 0.6 is 0 Å². The Labute approximate surface area is 107 Å². The molecule has 0 aromatic rings. The summed E-state index contributed by atoms with van der Waals surface area (Å²) < 4.78 is 5.02. The van der Waals surface area contributed by atoms with E-state index in [1.807, 2.05) is 18.7 Å². The third kappa shape index (κ3) is 2.23. The molecule has 5 nitrogen and oxygen atoms in total. The average Bonchev–Trinajstić information content (AvgIpc) is 3.14. The number of hydrogen-bond donors (Lipinski definition) is 1. The fourth-order valence-electron chi connectivity index (χ4n) is 2.79. The van der Waals surface area contributed by atoms with Gasteiger partial charge in [-0.25, -0.2) is 0 Å². The number of carbonyl (C=O) groups excluding carboxylic acids is 1. The average molecular weight is 255 g/mol. The first kappa shape index (κ1) is 13.3. The summed E-state index contributed by atoms with van der Waals surface area (Å²) in [5, 5.41) is 9.12. The fraction of sp³-hybridized carbons (Fsp3) is 0.846. The van der Waals surface area contributed by atoms with Gasteiger partial charge >= 0.3 is 5.97 Å². The van der Waals surface area contributed by atoms with Crippen LogP contribution in [0.15, 0.2) is 0 Å². The third-order valence-corrected chi connectivity index (χ3v) is 4.17. The lowest BCUT2D eigenvalue weighted by molar-refractivity contribution is -0.142. The standard InChI is InChI=1S/C13H21NO4/c1-13(2)9(10(13)12(16)17)11(15)14(6-7-18-3)8-4-5-8/h8-10H,4-7H2,1-3H3,(H,16,17)/t9-,10+/m1/s1. The molecule has 18 heavy (non-hydrogen) atoms. The highest BCUT2D eigenvalue weighted by molar-refractivity contribution is 5.92. The number of amides is 1. The maximum atomic E-state index is 12.4. The molecule has 1 N–H and O–H groups in total. The van der Waals surface area contributed by atoms with E-state index >= 15 is 0 Å². The largest absolute Gasteiger partial charge is 0.481 e. The van der Waals surface area contributed by atoms with E-state index in [2.05, 4.69) is 0 Å². The molecule has 5 heteroatoms. The predicted octanol–water partition coefficient (Wildman–Crippen LogP) is 0.981. The molecule has 2 atom stereocenters. The second-order valence-electron chi connectivity index (χ2n) is 5.87. The smallest absolute Gasteiger partial charge is 0.307 e. The van der Waals surface area contributed by atoms with Crippen LogP contribution in [-0.2, 0) is 14.3 Å². The van der Waals surface area contributed by atoms with E-state index in [9.17, 15) is 9.59 Å². The van der Waals surface area contributed by atoms with Gasteiger partial charge in [-0.1, -0.05) is 13.8 Å². The summed E-state index contributed by atoms with van der Waals surface area (Å²) in [4.78, 5) is 25.4. The van der Waals surface area contributed by atoms with Crippen LogP contribution in [0, 0.1) is 17.3 Å². The minimum Gasteiger partial charge on any atom is -0.481 e. The molecule has 1 amide bonds. The topological polar surface area (TPSA) is 66.8 Å². The molecule has 0 bridgehead atoms. The van der Waals surface area contributed by atoms with Gasteiger partial charge in [0.15, 0.2) is 0 Å². The molecule has 0 unspecified atom stereocenters. The van der Waals surface area contributed by atoms with Gasteiger partial charge in [-0.15, -0.1) is 0 Å². The number of rotatable bonds is 6. The third-order valence-electron chi connectivity index (χ3n) is 4.17. The number of nitrogens with zero attached hydrogens (tertiary/aromatic N) is 1. The van der Waals surface area contributed by atoms with Gasteiger partial charge in [0.2, 0.25) is 5.91 Å². The number of ether oxygens (including phenoxy) is 1. The Kier molecular flexibility index (Phi) is 3.36. The summed E-state index contributed by atoms with van der Waals surface area (Å²) >= 11 is 0. The predicted molar refractivity (Wildman–Crippen MR) is 65.0 cm³/mol. The zero-order valence-corrected chi connectivity index (χ0v) is 11.2. The van der Waals surface area contributed by atoms with E-state index < -0.39 is 17.3 Å². The molecule has 0 aliphatic heterocycles. The van der Waals surface area contributed by atoms with Gasteiger partial charge in [0, 0.05) is 19.7 Å². The van der Waals surface area contributed by atoms with E-state index in [0.29, 0.717) is 19.2 Å². The van der Waals surface area contributed by atoms with Crippen molar-refractivity contribution in [1.29, 1.82) is 0 Å². The van der Waals surface area contributed by atoms with Crippen LogP contribution < -0.4 is 0 Å². The first-order valence-electron chi connectivity index (χ1n) is 6.43. The van der Waals surface area contributed by atoms with Crippen molar-refractivity contribution in [3.8, 4) is 0 Å². The van der Waals surface area contributed by atoms with E-state index in [1.54, 1.807) is 7.11 Å². The van der Waals surface area contributed by atoms with E-state index in [1.165, 1.54) is 0 Å². The zero-order valence-electron chi connectivity index (χ0n) is 11.2. The minimum atomic E-state index is -0.860. The molecule has 0 heterocycles. The van der Waals surface area contributed by atoms with Crippen molar-refractivity contribution in [2.24, 2.45) is 17.3 Å². The Bertz CT molecular complexity index is 362. The van der Waals surface area contributed by atoms with Crippen LogP contribution in [0.1, 0.15) is 26.7 Å². The molecule has 102 valence electrons. The van der Waals surface area contributed by atoms with Crippen molar-refractivity contribution in [2.45, 2.75) is 32.7 Å². The number of carbonyl (C=O) groups is 2. The number of methoxy groups -OCH3 is 1. The van der Waals surface area contributed by atoms with Crippen molar-refractivity contribution in [1.82, 2.24) is 4.90 Å². The van der Waals surface area contributed by atoms with Crippen molar-refractivity contribution >= 4 is 11.9 Å². The molecule has 2 aliphatic rings. The Balaban J connectivity index is 2.03. The normalized spacial score (nSPS) is 28.8. The maximum absolute atomic E-state index is 12.4. The summed E-state index contributed by atoms with van der Waals surface area (Å²) in [6.45, 7) is 4.79. The number of aliphatic carboxylic acids is 1. The highest BCUT2D eigenvalue weighted by atomic mass is 16.5. The monoisotopic (exact) mass is 255 g/mol. The van der Waals surface area contributed by atoms with Crippen LogP contribution in [0.25, 0.3) is 0 Å². The molecule has 0 aromatic heterocycles. The first-order chi connectivity index (χ1) is 8.41. The van der Waals surface area contributed by atoms with Crippen LogP contribution in [0.4, 0.5) is 0 Å². The van der Waals surface area contributed by atoms with Crippen LogP contribution in [0.2, 0.25) is 0 Å². The lowest BCUT2D eigenvalue weighted by Crippen LogP contribution is -2.38. The fourth-order valence-corrected chi connectivity index (χ4v) is 2.79. The Morgan fingerprint density at radius 1 is 1.33 bits per heavy atom. The second kappa shape index (κ2) is 4.53. The van der Waals surface area contributed by atoms with Crippen LogP contribution in [0.5, 0.6) is 0 Å². The van der Waals surface area contributed by atoms with Crippen LogP contribution in [-0.4, -0.2) is 48.2 Å². The SMILES string of the molecule is COCCN(C(=O)[C@H]1[C@@H](C(=O)O)C1(C)C)C1CC1. The molecule has 2 saturated carbocycles. The lowest BCUT2D eigenvalue weighted by atomic mass is 10.1. The minimum absolute atomic E-state index is 0.00745. The van der Waals surface area contributed by atoms with Crippen LogP contribution in [0.3, 0.4) is 0 Å². The van der Waals surface area contributed by atoms with Gasteiger partial charge in [0.1, 0.15) is 0 Å². The molecule has 2 aliphatic carbocycles. The number of carboxylic acids is 1. The quantitative estimate of drug-likeness (QED) is 0.768. The van der Waals surface area contributed by atoms with E-state index in [-0.39, 0.29) is 11.8 Å². The molecule has 0 radical (unpaired) electrons. The van der Waals surface area contributed by atoms with Gasteiger partial charge in [-0.05, 0) is 18.3 Å². The number of hydrogen-bond acceptors (Lipinski definition) is 3. The lowest BCUT2D eigenvalue weighted by Gasteiger charge is -2.22. The van der Waals surface area contributed by atoms with Gasteiger partial charge in [-0.2, -0.15) is 0 Å². The summed E-state index contributed by atoms with van der Waals surface area (Å²) in [7, 11) is 1.61. The highest BCUT2D eigenvalue weighted by Crippen LogP contribution is 2.59. The summed E-state index contributed by atoms with van der Waals surface area (Å²) in [5.74, 6) is -1.77. The zero-order chi connectivity index (χ0) is 13.5. The molecule has 2 fully saturated rings. The maximum Gasteiger partial charge on any atom is 0.307 e. The van der Waals surface area contributed by atoms with E-state index in [4.69, 9.17) is 9.84 Å². The highest BCUT2D eigenvalue weighted by Gasteiger charge is 2.67. The molecule has 0 spiro atoms. The summed E-state index contributed by atoms with van der Waals surface area (Å²) in [6, 6.07) is 0.304. The van der Waals surface area contributed by atoms with Gasteiger partial charge in [0.05, 0.1) is 18.4 Å². The molecular formula is C13H21NO4. The Hall–Kier alpha value is -1.10. The Morgan fingerprint density at radius 2 is 1.94 bits per heavy atom. The van der Waals surface area contributed by atoms with Crippen molar-refractivity contribution < 1.29 is 19.4 Å². The van der Waals surface area contributed by atoms with Gasteiger partial charge in [0.25, 0.3) is 0 Å². The van der Waals surface area contributed by atoms with Gasteiger partial charge in [-0.3, -0.25) is 9.59 Å². The van der Waals surface area contributed by atoms with Crippen molar-refractivity contribution in [3.63, 3.8) is 0 Å². The molecular weight excluding hydrogens is 234 g/mol. The summed E-state index contributed by atoms with van der Waals surface area (Å²) in [6.07, 6.45) is 2.06. The summed E-state index contributed by atoms with van der Waals surface area (Å²) in [5.41, 5.74) is -0.414. The van der Waals surface area contributed by atoms with Crippen molar-refractivity contribution in [2.75, 3.05) is 20.3 Å². The van der Waals surface area contributed by atoms with Gasteiger partial charge < -0.3 is 14.7 Å². The molecule has 2 rings (SSSR count). The second-order valence-corrected chi connectivity index (χ2v) is 5.87. The first-order valence-corrected chi connectivity index (χ1v) is 6.43. The number of carboxylic acid groups (broad SMARTS) is 1. The van der Waals surface area contributed by atoms with Crippen molar-refractivity contribution in [3.05, 3.63) is 0 Å². The van der Waals surface area contributed by atoms with E-state index in [0.717, 1.165) is 12.8 Å². The molecule has 0 saturated heterocycles. The molecule has 0 aromatic carbocycles. The Morgan fingerprint density at radius 3 is 2.33 bits per heavy atom.